The highest BCUT2D eigenvalue weighted by atomic mass is 32.1. The van der Waals surface area contributed by atoms with Crippen LogP contribution >= 0.6 is 11.3 Å². The fourth-order valence-electron chi connectivity index (χ4n) is 3.36. The molecule has 0 unspecified atom stereocenters. The molecule has 0 spiro atoms. The largest absolute Gasteiger partial charge is 0.478 e. The van der Waals surface area contributed by atoms with Crippen LogP contribution in [0.3, 0.4) is 0 Å². The molecule has 6 heteroatoms. The summed E-state index contributed by atoms with van der Waals surface area (Å²) in [6.07, 6.45) is 7.91. The molecule has 30 heavy (non-hydrogen) atoms. The lowest BCUT2D eigenvalue weighted by Crippen LogP contribution is -2.14. The van der Waals surface area contributed by atoms with E-state index < -0.39 is 5.97 Å². The van der Waals surface area contributed by atoms with E-state index in [1.54, 1.807) is 23.5 Å². The van der Waals surface area contributed by atoms with Gasteiger partial charge in [0.15, 0.2) is 0 Å². The average Bonchev–Trinajstić information content (AvgIpc) is 3.13. The Bertz CT molecular complexity index is 1100. The second kappa shape index (κ2) is 9.05. The molecule has 3 aromatic rings. The number of carbonyl (C=O) groups excluding carboxylic acids is 1. The predicted molar refractivity (Wildman–Crippen MR) is 120 cm³/mol. The first kappa shape index (κ1) is 20.0. The summed E-state index contributed by atoms with van der Waals surface area (Å²) in [4.78, 5) is 28.1. The van der Waals surface area contributed by atoms with Crippen LogP contribution in [-0.4, -0.2) is 22.0 Å². The van der Waals surface area contributed by atoms with Crippen molar-refractivity contribution in [2.24, 2.45) is 0 Å². The Morgan fingerprint density at radius 2 is 1.97 bits per heavy atom. The van der Waals surface area contributed by atoms with E-state index in [9.17, 15) is 9.59 Å². The van der Waals surface area contributed by atoms with Gasteiger partial charge in [-0.2, -0.15) is 0 Å². The molecule has 5 nitrogen and oxygen atoms in total. The van der Waals surface area contributed by atoms with Crippen molar-refractivity contribution in [3.8, 4) is 0 Å². The molecule has 2 aromatic carbocycles. The van der Waals surface area contributed by atoms with Gasteiger partial charge >= 0.3 is 5.97 Å². The van der Waals surface area contributed by atoms with Gasteiger partial charge in [0.25, 0.3) is 0 Å². The number of rotatable bonds is 7. The van der Waals surface area contributed by atoms with Crippen LogP contribution < -0.4 is 5.32 Å². The summed E-state index contributed by atoms with van der Waals surface area (Å²) in [5.41, 5.74) is 3.72. The molecule has 0 bridgehead atoms. The smallest absolute Gasteiger partial charge is 0.335 e. The van der Waals surface area contributed by atoms with E-state index in [0.717, 1.165) is 10.6 Å². The standard InChI is InChI=1S/C24H22N2O3S/c27-22(14-17-5-1-8-19(12-17)24(28)29)25-20-9-2-4-16(13-20)10-11-23-26-21(15-30-23)18-6-3-7-18/h1-2,4-5,8-13,15,18H,3,6-7,14H2,(H,25,27)(H,28,29)/b11-10+. The fourth-order valence-corrected chi connectivity index (χ4v) is 4.15. The molecule has 1 fully saturated rings. The highest BCUT2D eigenvalue weighted by molar-refractivity contribution is 7.10. The average molecular weight is 419 g/mol. The molecule has 1 aliphatic rings. The maximum absolute atomic E-state index is 12.4. The Labute approximate surface area is 179 Å². The number of nitrogens with one attached hydrogen (secondary N) is 1. The number of carboxylic acids is 1. The van der Waals surface area contributed by atoms with Crippen molar-refractivity contribution in [2.45, 2.75) is 31.6 Å². The van der Waals surface area contributed by atoms with E-state index in [1.807, 2.05) is 36.4 Å². The van der Waals surface area contributed by atoms with Gasteiger partial charge in [-0.1, -0.05) is 36.8 Å². The zero-order valence-electron chi connectivity index (χ0n) is 16.4. The predicted octanol–water partition coefficient (Wildman–Crippen LogP) is 5.46. The van der Waals surface area contributed by atoms with E-state index >= 15 is 0 Å². The van der Waals surface area contributed by atoms with Crippen LogP contribution in [0.2, 0.25) is 0 Å². The van der Waals surface area contributed by atoms with Crippen molar-refractivity contribution in [1.29, 1.82) is 0 Å². The molecule has 1 heterocycles. The molecular formula is C24H22N2O3S. The minimum Gasteiger partial charge on any atom is -0.478 e. The van der Waals surface area contributed by atoms with Crippen molar-refractivity contribution in [3.63, 3.8) is 0 Å². The van der Waals surface area contributed by atoms with Gasteiger partial charge in [0, 0.05) is 17.0 Å². The summed E-state index contributed by atoms with van der Waals surface area (Å²) < 4.78 is 0. The number of benzene rings is 2. The first-order valence-corrected chi connectivity index (χ1v) is 10.8. The lowest BCUT2D eigenvalue weighted by molar-refractivity contribution is -0.115. The molecule has 0 saturated heterocycles. The zero-order valence-corrected chi connectivity index (χ0v) is 17.2. The number of nitrogens with zero attached hydrogens (tertiary/aromatic N) is 1. The van der Waals surface area contributed by atoms with E-state index in [1.165, 1.54) is 37.1 Å². The first-order chi connectivity index (χ1) is 14.6. The Morgan fingerprint density at radius 1 is 1.13 bits per heavy atom. The minimum absolute atomic E-state index is 0.115. The zero-order chi connectivity index (χ0) is 20.9. The van der Waals surface area contributed by atoms with Gasteiger partial charge in [-0.05, 0) is 54.3 Å². The monoisotopic (exact) mass is 418 g/mol. The summed E-state index contributed by atoms with van der Waals surface area (Å²) in [7, 11) is 0. The molecule has 0 radical (unpaired) electrons. The van der Waals surface area contributed by atoms with Crippen LogP contribution in [0.4, 0.5) is 5.69 Å². The second-order valence-corrected chi connectivity index (χ2v) is 8.32. The number of hydrogen-bond donors (Lipinski definition) is 2. The van der Waals surface area contributed by atoms with Gasteiger partial charge in [-0.25, -0.2) is 9.78 Å². The normalized spacial score (nSPS) is 13.9. The Balaban J connectivity index is 1.38. The van der Waals surface area contributed by atoms with E-state index in [4.69, 9.17) is 10.1 Å². The molecule has 0 aliphatic heterocycles. The van der Waals surface area contributed by atoms with Crippen LogP contribution in [0.25, 0.3) is 12.2 Å². The van der Waals surface area contributed by atoms with Gasteiger partial charge in [-0.3, -0.25) is 4.79 Å². The van der Waals surface area contributed by atoms with E-state index in [0.29, 0.717) is 17.2 Å². The second-order valence-electron chi connectivity index (χ2n) is 7.43. The van der Waals surface area contributed by atoms with Crippen LogP contribution in [0.15, 0.2) is 53.9 Å². The van der Waals surface area contributed by atoms with Gasteiger partial charge in [-0.15, -0.1) is 11.3 Å². The molecule has 1 amide bonds. The molecule has 152 valence electrons. The number of carboxylic acid groups (broad SMARTS) is 1. The van der Waals surface area contributed by atoms with Crippen LogP contribution in [0.1, 0.15) is 57.4 Å². The lowest BCUT2D eigenvalue weighted by atomic mass is 9.83. The molecule has 1 aliphatic carbocycles. The highest BCUT2D eigenvalue weighted by Crippen LogP contribution is 2.36. The maximum atomic E-state index is 12.4. The molecule has 4 rings (SSSR count). The fraction of sp³-hybridized carbons (Fsp3) is 0.208. The van der Waals surface area contributed by atoms with E-state index in [2.05, 4.69) is 10.7 Å². The van der Waals surface area contributed by atoms with Crippen molar-refractivity contribution >= 4 is 41.1 Å². The van der Waals surface area contributed by atoms with Gasteiger partial charge in [0.2, 0.25) is 5.91 Å². The third-order valence-electron chi connectivity index (χ3n) is 5.19. The van der Waals surface area contributed by atoms with Gasteiger partial charge < -0.3 is 10.4 Å². The first-order valence-electron chi connectivity index (χ1n) is 9.92. The number of hydrogen-bond acceptors (Lipinski definition) is 4. The highest BCUT2D eigenvalue weighted by Gasteiger charge is 2.21. The summed E-state index contributed by atoms with van der Waals surface area (Å²) in [5.74, 6) is -0.557. The quantitative estimate of drug-likeness (QED) is 0.534. The van der Waals surface area contributed by atoms with Gasteiger partial charge in [0.05, 0.1) is 17.7 Å². The van der Waals surface area contributed by atoms with Crippen molar-refractivity contribution < 1.29 is 14.7 Å². The number of amides is 1. The molecule has 0 atom stereocenters. The summed E-state index contributed by atoms with van der Waals surface area (Å²) >= 11 is 1.66. The number of carbonyl (C=O) groups is 2. The summed E-state index contributed by atoms with van der Waals surface area (Å²) in [6.45, 7) is 0. The number of aromatic nitrogens is 1. The third-order valence-corrected chi connectivity index (χ3v) is 6.02. The molecule has 1 aromatic heterocycles. The lowest BCUT2D eigenvalue weighted by Gasteiger charge is -2.22. The van der Waals surface area contributed by atoms with E-state index in [-0.39, 0.29) is 17.9 Å². The van der Waals surface area contributed by atoms with Crippen molar-refractivity contribution in [2.75, 3.05) is 5.32 Å². The van der Waals surface area contributed by atoms with Crippen molar-refractivity contribution in [1.82, 2.24) is 4.98 Å². The number of aromatic carboxylic acids is 1. The van der Waals surface area contributed by atoms with Crippen molar-refractivity contribution in [3.05, 3.63) is 81.3 Å². The number of anilines is 1. The third kappa shape index (κ3) is 5.02. The number of thiazole rings is 1. The summed E-state index contributed by atoms with van der Waals surface area (Å²) in [6, 6.07) is 14.0. The molecule has 1 saturated carbocycles. The van der Waals surface area contributed by atoms with Crippen LogP contribution in [0, 0.1) is 0 Å². The minimum atomic E-state index is -1.00. The molecule has 2 N–H and O–H groups in total. The topological polar surface area (TPSA) is 79.3 Å². The SMILES string of the molecule is O=C(Cc1cccc(C(=O)O)c1)Nc1cccc(/C=C/c2nc(C3CCC3)cs2)c1. The maximum Gasteiger partial charge on any atom is 0.335 e. The van der Waals surface area contributed by atoms with Crippen LogP contribution in [0.5, 0.6) is 0 Å². The Morgan fingerprint density at radius 3 is 2.73 bits per heavy atom. The van der Waals surface area contributed by atoms with Crippen LogP contribution in [-0.2, 0) is 11.2 Å². The Kier molecular flexibility index (Phi) is 6.05. The summed E-state index contributed by atoms with van der Waals surface area (Å²) in [5, 5.41) is 15.1. The Hall–Kier alpha value is -3.25. The van der Waals surface area contributed by atoms with Gasteiger partial charge in [0.1, 0.15) is 5.01 Å². The molecular weight excluding hydrogens is 396 g/mol.